The minimum Gasteiger partial charge on any atom is -0.383 e. The standard InChI is InChI=1S/C20H28N6O3/c1-6-7-9-20(24-25-20)10-8-17(27)26(11-12-29-5)18(19(28)21-4)16-13-14(2)22-23-15(16)3/h1,13,18H,7-12H2,2-5H3,(H,21,28). The topological polar surface area (TPSA) is 109 Å². The van der Waals surface area contributed by atoms with Gasteiger partial charge in [0.25, 0.3) is 0 Å². The fraction of sp³-hybridized carbons (Fsp3) is 0.600. The second-order valence-corrected chi connectivity index (χ2v) is 7.01. The minimum atomic E-state index is -0.827. The van der Waals surface area contributed by atoms with Gasteiger partial charge in [0, 0.05) is 51.9 Å². The van der Waals surface area contributed by atoms with Crippen LogP contribution in [0.3, 0.4) is 0 Å². The van der Waals surface area contributed by atoms with E-state index in [1.54, 1.807) is 34.1 Å². The largest absolute Gasteiger partial charge is 0.383 e. The van der Waals surface area contributed by atoms with Gasteiger partial charge in [0.05, 0.1) is 18.0 Å². The summed E-state index contributed by atoms with van der Waals surface area (Å²) in [5.41, 5.74) is 1.35. The van der Waals surface area contributed by atoms with E-state index >= 15 is 0 Å². The van der Waals surface area contributed by atoms with Crippen molar-refractivity contribution in [1.29, 1.82) is 0 Å². The van der Waals surface area contributed by atoms with E-state index in [9.17, 15) is 9.59 Å². The number of likely N-dealkylation sites (N-methyl/N-ethyl adjacent to an activating group) is 1. The van der Waals surface area contributed by atoms with Gasteiger partial charge in [-0.2, -0.15) is 20.4 Å². The number of nitrogens with one attached hydrogen (secondary N) is 1. The maximum Gasteiger partial charge on any atom is 0.247 e. The van der Waals surface area contributed by atoms with Crippen LogP contribution in [0.5, 0.6) is 0 Å². The Morgan fingerprint density at radius 2 is 2.03 bits per heavy atom. The van der Waals surface area contributed by atoms with Gasteiger partial charge in [-0.3, -0.25) is 9.59 Å². The molecule has 29 heavy (non-hydrogen) atoms. The molecule has 0 saturated heterocycles. The number of amides is 2. The summed E-state index contributed by atoms with van der Waals surface area (Å²) in [6, 6.07) is 0.960. The number of terminal acetylenes is 1. The number of ether oxygens (including phenoxy) is 1. The Labute approximate surface area is 171 Å². The molecule has 1 N–H and O–H groups in total. The zero-order valence-corrected chi connectivity index (χ0v) is 17.4. The van der Waals surface area contributed by atoms with Gasteiger partial charge in [-0.15, -0.1) is 12.3 Å². The molecule has 0 radical (unpaired) electrons. The van der Waals surface area contributed by atoms with Crippen LogP contribution in [0.2, 0.25) is 0 Å². The van der Waals surface area contributed by atoms with Crippen LogP contribution >= 0.6 is 0 Å². The SMILES string of the molecule is C#CCCC1(CCC(=O)N(CCOC)C(C(=O)NC)c2cc(C)nnc2C)N=N1. The summed E-state index contributed by atoms with van der Waals surface area (Å²) >= 11 is 0. The number of carbonyl (C=O) groups excluding carboxylic acids is 2. The van der Waals surface area contributed by atoms with Crippen molar-refractivity contribution in [3.05, 3.63) is 23.0 Å². The number of hydrogen-bond donors (Lipinski definition) is 1. The second-order valence-electron chi connectivity index (χ2n) is 7.01. The Hall–Kier alpha value is -2.86. The molecule has 1 unspecified atom stereocenters. The average molecular weight is 400 g/mol. The molecule has 0 saturated carbocycles. The molecule has 1 aliphatic rings. The first-order valence-electron chi connectivity index (χ1n) is 9.56. The number of hydrogen-bond acceptors (Lipinski definition) is 7. The number of aromatic nitrogens is 2. The number of carbonyl (C=O) groups is 2. The Morgan fingerprint density at radius 3 is 2.62 bits per heavy atom. The van der Waals surface area contributed by atoms with Crippen molar-refractivity contribution in [1.82, 2.24) is 20.4 Å². The lowest BCUT2D eigenvalue weighted by Crippen LogP contribution is -2.45. The molecule has 0 fully saturated rings. The molecule has 0 spiro atoms. The van der Waals surface area contributed by atoms with E-state index in [1.807, 2.05) is 0 Å². The van der Waals surface area contributed by atoms with Crippen LogP contribution in [0.4, 0.5) is 0 Å². The molecule has 2 heterocycles. The van der Waals surface area contributed by atoms with Gasteiger partial charge in [0.15, 0.2) is 5.66 Å². The lowest BCUT2D eigenvalue weighted by atomic mass is 9.99. The zero-order chi connectivity index (χ0) is 21.4. The monoisotopic (exact) mass is 400 g/mol. The smallest absolute Gasteiger partial charge is 0.247 e. The van der Waals surface area contributed by atoms with E-state index < -0.39 is 11.7 Å². The van der Waals surface area contributed by atoms with Gasteiger partial charge in [-0.1, -0.05) is 0 Å². The summed E-state index contributed by atoms with van der Waals surface area (Å²) in [7, 11) is 3.10. The molecule has 2 amide bonds. The third-order valence-electron chi connectivity index (χ3n) is 4.89. The Balaban J connectivity index is 2.26. The fourth-order valence-corrected chi connectivity index (χ4v) is 3.14. The highest BCUT2D eigenvalue weighted by Gasteiger charge is 2.40. The van der Waals surface area contributed by atoms with Gasteiger partial charge in [0.1, 0.15) is 6.04 Å². The summed E-state index contributed by atoms with van der Waals surface area (Å²) in [6.45, 7) is 4.13. The maximum absolute atomic E-state index is 13.2. The van der Waals surface area contributed by atoms with Crippen LogP contribution < -0.4 is 5.32 Å². The predicted octanol–water partition coefficient (Wildman–Crippen LogP) is 1.71. The summed E-state index contributed by atoms with van der Waals surface area (Å²) in [4.78, 5) is 27.5. The number of rotatable bonds is 11. The van der Waals surface area contributed by atoms with Gasteiger partial charge in [0.2, 0.25) is 11.8 Å². The minimum absolute atomic E-state index is 0.179. The molecule has 9 nitrogen and oxygen atoms in total. The Kier molecular flexibility index (Phi) is 7.79. The molecular formula is C20H28N6O3. The molecule has 156 valence electrons. The first-order valence-corrected chi connectivity index (χ1v) is 9.56. The maximum atomic E-state index is 13.2. The lowest BCUT2D eigenvalue weighted by molar-refractivity contribution is -0.141. The van der Waals surface area contributed by atoms with Crippen LogP contribution in [-0.4, -0.2) is 59.9 Å². The number of aryl methyl sites for hydroxylation is 2. The van der Waals surface area contributed by atoms with Crippen molar-refractivity contribution in [3.63, 3.8) is 0 Å². The molecule has 9 heteroatoms. The van der Waals surface area contributed by atoms with E-state index in [-0.39, 0.29) is 24.8 Å². The van der Waals surface area contributed by atoms with Crippen LogP contribution in [0, 0.1) is 26.2 Å². The van der Waals surface area contributed by atoms with Gasteiger partial charge >= 0.3 is 0 Å². The van der Waals surface area contributed by atoms with Gasteiger partial charge < -0.3 is 15.0 Å². The highest BCUT2D eigenvalue weighted by Crippen LogP contribution is 2.38. The molecule has 2 rings (SSSR count). The van der Waals surface area contributed by atoms with E-state index in [4.69, 9.17) is 11.2 Å². The first kappa shape index (κ1) is 22.4. The summed E-state index contributed by atoms with van der Waals surface area (Å²) < 4.78 is 5.17. The fourth-order valence-electron chi connectivity index (χ4n) is 3.14. The lowest BCUT2D eigenvalue weighted by Gasteiger charge is -2.31. The molecule has 0 aromatic carbocycles. The molecule has 0 aliphatic carbocycles. The normalized spacial score (nSPS) is 14.7. The van der Waals surface area contributed by atoms with Crippen molar-refractivity contribution < 1.29 is 14.3 Å². The first-order chi connectivity index (χ1) is 13.9. The van der Waals surface area contributed by atoms with Crippen molar-refractivity contribution >= 4 is 11.8 Å². The molecule has 1 aromatic heterocycles. The average Bonchev–Trinajstić information content (AvgIpc) is 3.49. The van der Waals surface area contributed by atoms with E-state index in [1.165, 1.54) is 4.90 Å². The number of nitrogens with zero attached hydrogens (tertiary/aromatic N) is 5. The molecule has 1 aromatic rings. The van der Waals surface area contributed by atoms with Crippen molar-refractivity contribution in [3.8, 4) is 12.3 Å². The summed E-state index contributed by atoms with van der Waals surface area (Å²) in [6.07, 6.45) is 7.16. The third kappa shape index (κ3) is 5.81. The second kappa shape index (κ2) is 10.1. The van der Waals surface area contributed by atoms with Crippen molar-refractivity contribution in [2.75, 3.05) is 27.3 Å². The number of methoxy groups -OCH3 is 1. The van der Waals surface area contributed by atoms with Gasteiger partial charge in [-0.05, 0) is 19.9 Å². The van der Waals surface area contributed by atoms with E-state index in [0.29, 0.717) is 42.8 Å². The highest BCUT2D eigenvalue weighted by molar-refractivity contribution is 5.88. The van der Waals surface area contributed by atoms with Crippen molar-refractivity contribution in [2.45, 2.75) is 51.2 Å². The van der Waals surface area contributed by atoms with Crippen LogP contribution in [0.1, 0.15) is 48.7 Å². The zero-order valence-electron chi connectivity index (χ0n) is 17.4. The van der Waals surface area contributed by atoms with Crippen LogP contribution in [-0.2, 0) is 14.3 Å². The van der Waals surface area contributed by atoms with E-state index in [0.717, 1.165) is 0 Å². The van der Waals surface area contributed by atoms with Crippen LogP contribution in [0.25, 0.3) is 0 Å². The van der Waals surface area contributed by atoms with E-state index in [2.05, 4.69) is 31.7 Å². The van der Waals surface area contributed by atoms with Crippen molar-refractivity contribution in [2.24, 2.45) is 10.2 Å². The molecule has 1 aliphatic heterocycles. The Morgan fingerprint density at radius 1 is 1.31 bits per heavy atom. The third-order valence-corrected chi connectivity index (χ3v) is 4.89. The highest BCUT2D eigenvalue weighted by atomic mass is 16.5. The van der Waals surface area contributed by atoms with Gasteiger partial charge in [-0.25, -0.2) is 0 Å². The van der Waals surface area contributed by atoms with Crippen LogP contribution in [0.15, 0.2) is 16.3 Å². The summed E-state index contributed by atoms with van der Waals surface area (Å²) in [5.74, 6) is 2.10. The quantitative estimate of drug-likeness (QED) is 0.569. The molecule has 0 bridgehead atoms. The Bertz CT molecular complexity index is 811. The molecule has 1 atom stereocenters. The summed E-state index contributed by atoms with van der Waals surface area (Å²) in [5, 5.41) is 19.0. The molecular weight excluding hydrogens is 372 g/mol. The predicted molar refractivity (Wildman–Crippen MR) is 107 cm³/mol.